The molecule has 0 radical (unpaired) electrons. The number of aryl methyl sites for hydroxylation is 1. The van der Waals surface area contributed by atoms with Crippen molar-refractivity contribution in [2.24, 2.45) is 0 Å². The van der Waals surface area contributed by atoms with Gasteiger partial charge in [-0.3, -0.25) is 0 Å². The third-order valence-electron chi connectivity index (χ3n) is 2.66. The number of oxazole rings is 1. The van der Waals surface area contributed by atoms with Crippen LogP contribution in [0.3, 0.4) is 0 Å². The molecule has 0 bridgehead atoms. The molecule has 3 heteroatoms. The summed E-state index contributed by atoms with van der Waals surface area (Å²) in [6.45, 7) is 1.01. The smallest absolute Gasteiger partial charge is 0.198 e. The zero-order valence-electron chi connectivity index (χ0n) is 10.1. The molecule has 0 spiro atoms. The zero-order valence-corrected chi connectivity index (χ0v) is 10.1. The van der Waals surface area contributed by atoms with Crippen LogP contribution in [0.1, 0.15) is 23.6 Å². The quantitative estimate of drug-likeness (QED) is 0.774. The Morgan fingerprint density at radius 3 is 2.82 bits per heavy atom. The van der Waals surface area contributed by atoms with Crippen LogP contribution in [0.25, 0.3) is 0 Å². The van der Waals surface area contributed by atoms with Crippen LogP contribution in [0.5, 0.6) is 0 Å². The molecular formula is C14H18N2O. The number of nitrogens with one attached hydrogen (secondary N) is 1. The van der Waals surface area contributed by atoms with Gasteiger partial charge in [0.05, 0.1) is 5.69 Å². The maximum Gasteiger partial charge on any atom is 0.198 e. The molecule has 0 fully saturated rings. The highest BCUT2D eigenvalue weighted by molar-refractivity contribution is 5.18. The predicted molar refractivity (Wildman–Crippen MR) is 68.0 cm³/mol. The summed E-state index contributed by atoms with van der Waals surface area (Å²) in [7, 11) is 1.96. The van der Waals surface area contributed by atoms with Gasteiger partial charge in [-0.2, -0.15) is 0 Å². The minimum absolute atomic E-state index is 0.771. The molecule has 0 aliphatic carbocycles. The Balaban J connectivity index is 1.90. The zero-order chi connectivity index (χ0) is 11.9. The first-order valence-electron chi connectivity index (χ1n) is 6.00. The summed E-state index contributed by atoms with van der Waals surface area (Å²) in [6, 6.07) is 10.3. The fourth-order valence-electron chi connectivity index (χ4n) is 1.76. The minimum atomic E-state index is 0.771. The molecule has 1 heterocycles. The highest BCUT2D eigenvalue weighted by atomic mass is 16.3. The Hall–Kier alpha value is -1.61. The Bertz CT molecular complexity index is 436. The van der Waals surface area contributed by atoms with E-state index in [0.717, 1.165) is 37.4 Å². The normalized spacial score (nSPS) is 10.6. The van der Waals surface area contributed by atoms with Crippen molar-refractivity contribution in [3.8, 4) is 0 Å². The van der Waals surface area contributed by atoms with Crippen LogP contribution in [-0.2, 0) is 12.8 Å². The Kier molecular flexibility index (Phi) is 4.33. The summed E-state index contributed by atoms with van der Waals surface area (Å²) < 4.78 is 5.47. The summed E-state index contributed by atoms with van der Waals surface area (Å²) in [5.41, 5.74) is 2.28. The minimum Gasteiger partial charge on any atom is -0.448 e. The van der Waals surface area contributed by atoms with Crippen LogP contribution >= 0.6 is 0 Å². The van der Waals surface area contributed by atoms with E-state index in [0.29, 0.717) is 0 Å². The fourth-order valence-corrected chi connectivity index (χ4v) is 1.76. The first-order valence-corrected chi connectivity index (χ1v) is 6.00. The maximum atomic E-state index is 5.47. The van der Waals surface area contributed by atoms with Crippen molar-refractivity contribution in [2.45, 2.75) is 19.3 Å². The number of rotatable bonds is 6. The van der Waals surface area contributed by atoms with E-state index in [1.54, 1.807) is 6.26 Å². The van der Waals surface area contributed by atoms with Gasteiger partial charge < -0.3 is 9.73 Å². The van der Waals surface area contributed by atoms with E-state index in [-0.39, 0.29) is 0 Å². The summed E-state index contributed by atoms with van der Waals surface area (Å²) in [5.74, 6) is 0.802. The average Bonchev–Trinajstić information content (AvgIpc) is 2.79. The van der Waals surface area contributed by atoms with Gasteiger partial charge in [-0.15, -0.1) is 0 Å². The molecule has 1 aromatic heterocycles. The van der Waals surface area contributed by atoms with E-state index >= 15 is 0 Å². The molecule has 90 valence electrons. The van der Waals surface area contributed by atoms with Crippen molar-refractivity contribution in [1.82, 2.24) is 10.3 Å². The van der Waals surface area contributed by atoms with Gasteiger partial charge >= 0.3 is 0 Å². The molecule has 0 saturated carbocycles. The molecule has 1 aromatic carbocycles. The molecule has 0 saturated heterocycles. The lowest BCUT2D eigenvalue weighted by Gasteiger charge is -1.96. The Labute approximate surface area is 102 Å². The summed E-state index contributed by atoms with van der Waals surface area (Å²) in [6.07, 6.45) is 4.60. The molecule has 0 atom stereocenters. The topological polar surface area (TPSA) is 38.1 Å². The predicted octanol–water partition coefficient (Wildman–Crippen LogP) is 2.42. The van der Waals surface area contributed by atoms with E-state index in [2.05, 4.69) is 22.4 Å². The van der Waals surface area contributed by atoms with E-state index in [4.69, 9.17) is 4.42 Å². The van der Waals surface area contributed by atoms with Crippen molar-refractivity contribution in [2.75, 3.05) is 13.6 Å². The lowest BCUT2D eigenvalue weighted by atomic mass is 10.1. The van der Waals surface area contributed by atoms with Gasteiger partial charge in [0.25, 0.3) is 0 Å². The molecule has 2 aromatic rings. The number of nitrogens with zero attached hydrogens (tertiary/aromatic N) is 1. The van der Waals surface area contributed by atoms with Gasteiger partial charge in [0.15, 0.2) is 5.89 Å². The molecule has 17 heavy (non-hydrogen) atoms. The standard InChI is InChI=1S/C14H18N2O/c1-15-9-5-8-13-11-17-14(16-13)10-12-6-3-2-4-7-12/h2-4,6-7,11,15H,5,8-10H2,1H3. The lowest BCUT2D eigenvalue weighted by Crippen LogP contribution is -2.08. The highest BCUT2D eigenvalue weighted by Crippen LogP contribution is 2.10. The molecular weight excluding hydrogens is 212 g/mol. The van der Waals surface area contributed by atoms with Crippen LogP contribution in [0.15, 0.2) is 41.0 Å². The van der Waals surface area contributed by atoms with Gasteiger partial charge in [0.2, 0.25) is 0 Å². The molecule has 3 nitrogen and oxygen atoms in total. The Morgan fingerprint density at radius 2 is 2.06 bits per heavy atom. The van der Waals surface area contributed by atoms with Crippen molar-refractivity contribution < 1.29 is 4.42 Å². The summed E-state index contributed by atoms with van der Waals surface area (Å²) in [5, 5.41) is 3.13. The van der Waals surface area contributed by atoms with Gasteiger partial charge in [0.1, 0.15) is 6.26 Å². The highest BCUT2D eigenvalue weighted by Gasteiger charge is 2.04. The maximum absolute atomic E-state index is 5.47. The number of hydrogen-bond acceptors (Lipinski definition) is 3. The van der Waals surface area contributed by atoms with Crippen molar-refractivity contribution >= 4 is 0 Å². The van der Waals surface area contributed by atoms with E-state index in [1.807, 2.05) is 25.2 Å². The van der Waals surface area contributed by atoms with Crippen LogP contribution in [0.2, 0.25) is 0 Å². The second-order valence-electron chi connectivity index (χ2n) is 4.10. The average molecular weight is 230 g/mol. The van der Waals surface area contributed by atoms with Gasteiger partial charge in [-0.05, 0) is 32.0 Å². The fraction of sp³-hybridized carbons (Fsp3) is 0.357. The largest absolute Gasteiger partial charge is 0.448 e. The second-order valence-corrected chi connectivity index (χ2v) is 4.10. The summed E-state index contributed by atoms with van der Waals surface area (Å²) in [4.78, 5) is 4.48. The van der Waals surface area contributed by atoms with Crippen molar-refractivity contribution in [3.63, 3.8) is 0 Å². The Morgan fingerprint density at radius 1 is 1.24 bits per heavy atom. The molecule has 0 aliphatic rings. The first kappa shape index (κ1) is 11.9. The second kappa shape index (κ2) is 6.21. The van der Waals surface area contributed by atoms with Gasteiger partial charge in [0, 0.05) is 6.42 Å². The van der Waals surface area contributed by atoms with Gasteiger partial charge in [-0.1, -0.05) is 30.3 Å². The monoisotopic (exact) mass is 230 g/mol. The summed E-state index contributed by atoms with van der Waals surface area (Å²) >= 11 is 0. The number of hydrogen-bond donors (Lipinski definition) is 1. The van der Waals surface area contributed by atoms with Crippen molar-refractivity contribution in [3.05, 3.63) is 53.7 Å². The molecule has 0 amide bonds. The molecule has 2 rings (SSSR count). The lowest BCUT2D eigenvalue weighted by molar-refractivity contribution is 0.506. The van der Waals surface area contributed by atoms with Crippen LogP contribution in [0.4, 0.5) is 0 Å². The molecule has 1 N–H and O–H groups in total. The number of benzene rings is 1. The molecule has 0 unspecified atom stereocenters. The molecule has 0 aliphatic heterocycles. The van der Waals surface area contributed by atoms with Gasteiger partial charge in [-0.25, -0.2) is 4.98 Å². The van der Waals surface area contributed by atoms with Crippen LogP contribution in [-0.4, -0.2) is 18.6 Å². The van der Waals surface area contributed by atoms with Crippen molar-refractivity contribution in [1.29, 1.82) is 0 Å². The number of aromatic nitrogens is 1. The van der Waals surface area contributed by atoms with Crippen LogP contribution < -0.4 is 5.32 Å². The van der Waals surface area contributed by atoms with E-state index < -0.39 is 0 Å². The van der Waals surface area contributed by atoms with Crippen LogP contribution in [0, 0.1) is 0 Å². The third-order valence-corrected chi connectivity index (χ3v) is 2.66. The first-order chi connectivity index (χ1) is 8.38. The third kappa shape index (κ3) is 3.71. The van der Waals surface area contributed by atoms with E-state index in [9.17, 15) is 0 Å². The van der Waals surface area contributed by atoms with E-state index in [1.165, 1.54) is 5.56 Å². The SMILES string of the molecule is CNCCCc1coc(Cc2ccccc2)n1.